The van der Waals surface area contributed by atoms with Crippen molar-refractivity contribution in [1.82, 2.24) is 0 Å². The molecule has 1 fully saturated rings. The summed E-state index contributed by atoms with van der Waals surface area (Å²) in [7, 11) is 0. The Bertz CT molecular complexity index is 164. The molecule has 0 radical (unpaired) electrons. The third-order valence-electron chi connectivity index (χ3n) is 3.07. The second-order valence-electron chi connectivity index (χ2n) is 4.07. The first kappa shape index (κ1) is 8.83. The SMILES string of the molecule is CCC(=C1C(C)C1C)C(C)C. The van der Waals surface area contributed by atoms with Gasteiger partial charge in [-0.1, -0.05) is 45.8 Å². The van der Waals surface area contributed by atoms with Gasteiger partial charge in [0.15, 0.2) is 0 Å². The van der Waals surface area contributed by atoms with Gasteiger partial charge in [-0.2, -0.15) is 0 Å². The minimum Gasteiger partial charge on any atom is -0.0681 e. The van der Waals surface area contributed by atoms with Gasteiger partial charge in [-0.3, -0.25) is 0 Å². The summed E-state index contributed by atoms with van der Waals surface area (Å²) in [5, 5.41) is 0. The highest BCUT2D eigenvalue weighted by Crippen LogP contribution is 2.48. The fourth-order valence-electron chi connectivity index (χ4n) is 2.10. The molecule has 0 aromatic heterocycles. The van der Waals surface area contributed by atoms with Gasteiger partial charge in [0.1, 0.15) is 0 Å². The summed E-state index contributed by atoms with van der Waals surface area (Å²) in [4.78, 5) is 0. The van der Waals surface area contributed by atoms with Crippen LogP contribution in [-0.4, -0.2) is 0 Å². The van der Waals surface area contributed by atoms with E-state index < -0.39 is 0 Å². The maximum Gasteiger partial charge on any atom is -0.0163 e. The summed E-state index contributed by atoms with van der Waals surface area (Å²) in [5.74, 6) is 2.53. The predicted molar refractivity (Wildman–Crippen MR) is 50.5 cm³/mol. The van der Waals surface area contributed by atoms with E-state index in [1.54, 1.807) is 11.1 Å². The Labute approximate surface area is 70.7 Å². The normalized spacial score (nSPS) is 29.5. The summed E-state index contributed by atoms with van der Waals surface area (Å²) in [6.07, 6.45) is 1.25. The number of allylic oxidation sites excluding steroid dienone is 2. The van der Waals surface area contributed by atoms with E-state index in [1.165, 1.54) is 6.42 Å². The van der Waals surface area contributed by atoms with Crippen LogP contribution < -0.4 is 0 Å². The van der Waals surface area contributed by atoms with Gasteiger partial charge >= 0.3 is 0 Å². The molecule has 1 aliphatic carbocycles. The first-order valence-electron chi connectivity index (χ1n) is 4.82. The van der Waals surface area contributed by atoms with Crippen LogP contribution in [0.15, 0.2) is 11.1 Å². The molecule has 0 amide bonds. The highest BCUT2D eigenvalue weighted by Gasteiger charge is 2.37. The third-order valence-corrected chi connectivity index (χ3v) is 3.07. The summed E-state index contributed by atoms with van der Waals surface area (Å²) in [6.45, 7) is 11.6. The van der Waals surface area contributed by atoms with Gasteiger partial charge in [-0.15, -0.1) is 0 Å². The third kappa shape index (κ3) is 1.50. The van der Waals surface area contributed by atoms with E-state index in [-0.39, 0.29) is 0 Å². The van der Waals surface area contributed by atoms with Crippen LogP contribution in [0.1, 0.15) is 41.0 Å². The molecule has 0 saturated heterocycles. The highest BCUT2D eigenvalue weighted by molar-refractivity contribution is 5.33. The molecule has 0 bridgehead atoms. The lowest BCUT2D eigenvalue weighted by atomic mass is 9.99. The van der Waals surface area contributed by atoms with Crippen molar-refractivity contribution in [2.75, 3.05) is 0 Å². The molecule has 0 heterocycles. The maximum atomic E-state index is 2.35. The average molecular weight is 152 g/mol. The fraction of sp³-hybridized carbons (Fsp3) is 0.818. The minimum absolute atomic E-state index is 0.766. The fourth-order valence-corrected chi connectivity index (χ4v) is 2.10. The molecule has 1 aliphatic rings. The Morgan fingerprint density at radius 3 is 1.82 bits per heavy atom. The second-order valence-corrected chi connectivity index (χ2v) is 4.07. The minimum atomic E-state index is 0.766. The van der Waals surface area contributed by atoms with Crippen LogP contribution in [0.25, 0.3) is 0 Å². The molecule has 1 saturated carbocycles. The lowest BCUT2D eigenvalue weighted by Crippen LogP contribution is -1.92. The Hall–Kier alpha value is -0.260. The van der Waals surface area contributed by atoms with E-state index in [4.69, 9.17) is 0 Å². The maximum absolute atomic E-state index is 2.35. The zero-order chi connectivity index (χ0) is 8.59. The van der Waals surface area contributed by atoms with Crippen molar-refractivity contribution in [2.24, 2.45) is 17.8 Å². The summed E-state index contributed by atoms with van der Waals surface area (Å²) in [5.41, 5.74) is 3.47. The zero-order valence-corrected chi connectivity index (χ0v) is 8.44. The van der Waals surface area contributed by atoms with Crippen molar-refractivity contribution in [1.29, 1.82) is 0 Å². The Balaban J connectivity index is 2.77. The quantitative estimate of drug-likeness (QED) is 0.530. The van der Waals surface area contributed by atoms with Crippen molar-refractivity contribution < 1.29 is 0 Å². The average Bonchev–Trinajstić information content (AvgIpc) is 2.46. The molecule has 1 rings (SSSR count). The van der Waals surface area contributed by atoms with Gasteiger partial charge in [-0.05, 0) is 24.2 Å². The van der Waals surface area contributed by atoms with Crippen LogP contribution in [-0.2, 0) is 0 Å². The van der Waals surface area contributed by atoms with Crippen LogP contribution >= 0.6 is 0 Å². The summed E-state index contributed by atoms with van der Waals surface area (Å²) >= 11 is 0. The van der Waals surface area contributed by atoms with Crippen molar-refractivity contribution in [3.63, 3.8) is 0 Å². The largest absolute Gasteiger partial charge is 0.0681 e. The number of hydrogen-bond donors (Lipinski definition) is 0. The Kier molecular flexibility index (Phi) is 2.41. The van der Waals surface area contributed by atoms with Crippen molar-refractivity contribution in [3.05, 3.63) is 11.1 Å². The highest BCUT2D eigenvalue weighted by atomic mass is 14.4. The molecular formula is C11H20. The van der Waals surface area contributed by atoms with Crippen molar-refractivity contribution >= 4 is 0 Å². The van der Waals surface area contributed by atoms with Crippen LogP contribution in [0.5, 0.6) is 0 Å². The predicted octanol–water partition coefficient (Wildman–Crippen LogP) is 3.63. The van der Waals surface area contributed by atoms with Gasteiger partial charge in [0.05, 0.1) is 0 Å². The first-order chi connectivity index (χ1) is 5.09. The molecule has 2 atom stereocenters. The molecule has 11 heavy (non-hydrogen) atoms. The molecule has 0 heteroatoms. The molecule has 0 spiro atoms. The van der Waals surface area contributed by atoms with Gasteiger partial charge in [0, 0.05) is 0 Å². The lowest BCUT2D eigenvalue weighted by molar-refractivity contribution is 0.723. The van der Waals surface area contributed by atoms with Crippen LogP contribution in [0.2, 0.25) is 0 Å². The van der Waals surface area contributed by atoms with Gasteiger partial charge in [0.2, 0.25) is 0 Å². The van der Waals surface area contributed by atoms with Gasteiger partial charge < -0.3 is 0 Å². The molecule has 2 unspecified atom stereocenters. The zero-order valence-electron chi connectivity index (χ0n) is 8.44. The molecule has 0 aromatic carbocycles. The van der Waals surface area contributed by atoms with Crippen molar-refractivity contribution in [2.45, 2.75) is 41.0 Å². The molecule has 0 nitrogen and oxygen atoms in total. The van der Waals surface area contributed by atoms with Crippen LogP contribution in [0, 0.1) is 17.8 Å². The number of hydrogen-bond acceptors (Lipinski definition) is 0. The molecule has 0 N–H and O–H groups in total. The van der Waals surface area contributed by atoms with E-state index >= 15 is 0 Å². The molecule has 64 valence electrons. The first-order valence-corrected chi connectivity index (χ1v) is 4.82. The molecular weight excluding hydrogens is 132 g/mol. The van der Waals surface area contributed by atoms with Gasteiger partial charge in [0.25, 0.3) is 0 Å². The van der Waals surface area contributed by atoms with E-state index in [1.807, 2.05) is 0 Å². The standard InChI is InChI=1S/C11H20/c1-6-10(7(2)3)11-8(4)9(11)5/h7-9H,6H2,1-5H3. The van der Waals surface area contributed by atoms with Gasteiger partial charge in [-0.25, -0.2) is 0 Å². The van der Waals surface area contributed by atoms with Crippen molar-refractivity contribution in [3.8, 4) is 0 Å². The van der Waals surface area contributed by atoms with E-state index in [9.17, 15) is 0 Å². The van der Waals surface area contributed by atoms with E-state index in [0.717, 1.165) is 17.8 Å². The van der Waals surface area contributed by atoms with Crippen LogP contribution in [0.4, 0.5) is 0 Å². The Morgan fingerprint density at radius 1 is 1.27 bits per heavy atom. The summed E-state index contributed by atoms with van der Waals surface area (Å²) < 4.78 is 0. The Morgan fingerprint density at radius 2 is 1.73 bits per heavy atom. The topological polar surface area (TPSA) is 0 Å². The smallest absolute Gasteiger partial charge is 0.0163 e. The molecule has 0 aromatic rings. The monoisotopic (exact) mass is 152 g/mol. The molecule has 0 aliphatic heterocycles. The van der Waals surface area contributed by atoms with Crippen LogP contribution in [0.3, 0.4) is 0 Å². The lowest BCUT2D eigenvalue weighted by Gasteiger charge is -2.07. The summed E-state index contributed by atoms with van der Waals surface area (Å²) in [6, 6.07) is 0. The van der Waals surface area contributed by atoms with E-state index in [0.29, 0.717) is 0 Å². The second kappa shape index (κ2) is 3.00. The number of rotatable bonds is 2. The van der Waals surface area contributed by atoms with E-state index in [2.05, 4.69) is 34.6 Å².